The molecule has 0 amide bonds. The smallest absolute Gasteiger partial charge is 0.127 e. The molecule has 0 aliphatic heterocycles. The summed E-state index contributed by atoms with van der Waals surface area (Å²) in [6.07, 6.45) is 2.90. The monoisotopic (exact) mass is 411 g/mol. The Bertz CT molecular complexity index is 838. The number of para-hydroxylation sites is 1. The molecule has 0 atom stereocenters. The molecule has 0 heterocycles. The lowest BCUT2D eigenvalue weighted by molar-refractivity contribution is 0.279. The quantitative estimate of drug-likeness (QED) is 0.381. The van der Waals surface area contributed by atoms with Gasteiger partial charge in [-0.25, -0.2) is 0 Å². The first kappa shape index (κ1) is 22.8. The number of nitrogens with zero attached hydrogens (tertiary/aromatic N) is 1. The normalized spacial score (nSPS) is 10.4. The Hall–Kier alpha value is -2.49. The van der Waals surface area contributed by atoms with Gasteiger partial charge >= 0.3 is 0 Å². The summed E-state index contributed by atoms with van der Waals surface area (Å²) < 4.78 is 12.1. The Morgan fingerprint density at radius 1 is 0.759 bits per heavy atom. The lowest BCUT2D eigenvalue weighted by Gasteiger charge is -2.15. The molecule has 3 nitrogen and oxygen atoms in total. The predicted molar refractivity (Wildman–Crippen MR) is 123 cm³/mol. The van der Waals surface area contributed by atoms with Crippen molar-refractivity contribution in [2.24, 2.45) is 0 Å². The van der Waals surface area contributed by atoms with Crippen molar-refractivity contribution < 1.29 is 9.47 Å². The topological polar surface area (TPSA) is 21.7 Å². The summed E-state index contributed by atoms with van der Waals surface area (Å²) in [5.41, 5.74) is 2.51. The standard InChI is InChI=1S/C25H29NO2.ClH/c1-26(2)18-9-19-27-25-17-16-24(28-23-12-7-4-8-13-23)20-22(25)15-14-21-10-5-3-6-11-21;/h3-8,10-13,16-17,20H,9,14-15,18-19H2,1-2H3;1H. The molecule has 29 heavy (non-hydrogen) atoms. The SMILES string of the molecule is CN(C)CCCOc1ccc(Oc2ccccc2)cc1CCc1ccccc1.Cl. The highest BCUT2D eigenvalue weighted by Crippen LogP contribution is 2.29. The highest BCUT2D eigenvalue weighted by molar-refractivity contribution is 5.85. The molecular weight excluding hydrogens is 382 g/mol. The van der Waals surface area contributed by atoms with Crippen molar-refractivity contribution in [2.75, 3.05) is 27.2 Å². The fourth-order valence-electron chi connectivity index (χ4n) is 3.07. The molecule has 3 aromatic carbocycles. The van der Waals surface area contributed by atoms with Crippen LogP contribution >= 0.6 is 12.4 Å². The van der Waals surface area contributed by atoms with Crippen LogP contribution in [0, 0.1) is 0 Å². The molecule has 0 aliphatic rings. The number of halogens is 1. The van der Waals surface area contributed by atoms with Crippen molar-refractivity contribution >= 4 is 12.4 Å². The van der Waals surface area contributed by atoms with E-state index in [-0.39, 0.29) is 12.4 Å². The Balaban J connectivity index is 0.00000300. The summed E-state index contributed by atoms with van der Waals surface area (Å²) in [5, 5.41) is 0. The molecule has 0 aromatic heterocycles. The van der Waals surface area contributed by atoms with Gasteiger partial charge in [-0.1, -0.05) is 48.5 Å². The minimum Gasteiger partial charge on any atom is -0.493 e. The second kappa shape index (κ2) is 12.2. The largest absolute Gasteiger partial charge is 0.493 e. The first-order valence-electron chi connectivity index (χ1n) is 9.88. The summed E-state index contributed by atoms with van der Waals surface area (Å²) >= 11 is 0. The average molecular weight is 412 g/mol. The van der Waals surface area contributed by atoms with Gasteiger partial charge in [-0.15, -0.1) is 12.4 Å². The van der Waals surface area contributed by atoms with Crippen molar-refractivity contribution in [1.82, 2.24) is 4.90 Å². The molecule has 0 aliphatic carbocycles. The molecule has 0 radical (unpaired) electrons. The molecular formula is C25H30ClNO2. The summed E-state index contributed by atoms with van der Waals surface area (Å²) in [6, 6.07) is 26.6. The van der Waals surface area contributed by atoms with Crippen molar-refractivity contribution in [3.05, 3.63) is 90.0 Å². The number of hydrogen-bond acceptors (Lipinski definition) is 3. The van der Waals surface area contributed by atoms with Gasteiger partial charge in [-0.05, 0) is 74.8 Å². The third kappa shape index (κ3) is 7.80. The Morgan fingerprint density at radius 2 is 1.45 bits per heavy atom. The highest BCUT2D eigenvalue weighted by Gasteiger charge is 2.08. The molecule has 3 rings (SSSR count). The van der Waals surface area contributed by atoms with E-state index >= 15 is 0 Å². The molecule has 0 saturated heterocycles. The lowest BCUT2D eigenvalue weighted by atomic mass is 10.0. The zero-order valence-corrected chi connectivity index (χ0v) is 18.0. The van der Waals surface area contributed by atoms with Gasteiger partial charge in [0.25, 0.3) is 0 Å². The van der Waals surface area contributed by atoms with Crippen LogP contribution in [0.25, 0.3) is 0 Å². The molecule has 3 aromatic rings. The molecule has 0 N–H and O–H groups in total. The maximum atomic E-state index is 6.10. The van der Waals surface area contributed by atoms with E-state index in [0.29, 0.717) is 0 Å². The molecule has 0 fully saturated rings. The Morgan fingerprint density at radius 3 is 2.14 bits per heavy atom. The zero-order valence-electron chi connectivity index (χ0n) is 17.2. The van der Waals surface area contributed by atoms with E-state index in [2.05, 4.69) is 55.4 Å². The predicted octanol–water partition coefficient (Wildman–Crippen LogP) is 6.02. The second-order valence-electron chi connectivity index (χ2n) is 7.18. The number of aryl methyl sites for hydroxylation is 2. The van der Waals surface area contributed by atoms with Crippen molar-refractivity contribution in [2.45, 2.75) is 19.3 Å². The fraction of sp³-hybridized carbons (Fsp3) is 0.280. The van der Waals surface area contributed by atoms with Gasteiger partial charge in [-0.3, -0.25) is 0 Å². The van der Waals surface area contributed by atoms with Gasteiger partial charge in [0.05, 0.1) is 6.61 Å². The number of benzene rings is 3. The summed E-state index contributed by atoms with van der Waals surface area (Å²) in [7, 11) is 4.17. The minimum absolute atomic E-state index is 0. The van der Waals surface area contributed by atoms with Crippen LogP contribution in [0.5, 0.6) is 17.2 Å². The van der Waals surface area contributed by atoms with Crippen LogP contribution in [-0.2, 0) is 12.8 Å². The Labute approximate surface area is 180 Å². The van der Waals surface area contributed by atoms with Crippen LogP contribution in [0.2, 0.25) is 0 Å². The van der Waals surface area contributed by atoms with E-state index in [1.54, 1.807) is 0 Å². The second-order valence-corrected chi connectivity index (χ2v) is 7.18. The van der Waals surface area contributed by atoms with Crippen LogP contribution < -0.4 is 9.47 Å². The van der Waals surface area contributed by atoms with E-state index in [9.17, 15) is 0 Å². The van der Waals surface area contributed by atoms with E-state index in [4.69, 9.17) is 9.47 Å². The lowest BCUT2D eigenvalue weighted by Crippen LogP contribution is -2.15. The molecule has 0 saturated carbocycles. The van der Waals surface area contributed by atoms with E-state index in [1.165, 1.54) is 11.1 Å². The van der Waals surface area contributed by atoms with Gasteiger partial charge in [0.15, 0.2) is 0 Å². The maximum Gasteiger partial charge on any atom is 0.127 e. The van der Waals surface area contributed by atoms with Gasteiger partial charge in [0, 0.05) is 6.54 Å². The summed E-state index contributed by atoms with van der Waals surface area (Å²) in [6.45, 7) is 1.74. The average Bonchev–Trinajstić information content (AvgIpc) is 2.72. The van der Waals surface area contributed by atoms with Gasteiger partial charge in [-0.2, -0.15) is 0 Å². The first-order chi connectivity index (χ1) is 13.7. The van der Waals surface area contributed by atoms with E-state index in [1.807, 2.05) is 42.5 Å². The fourth-order valence-corrected chi connectivity index (χ4v) is 3.07. The van der Waals surface area contributed by atoms with Gasteiger partial charge in [0.1, 0.15) is 17.2 Å². The number of hydrogen-bond donors (Lipinski definition) is 0. The van der Waals surface area contributed by atoms with E-state index < -0.39 is 0 Å². The molecule has 0 unspecified atom stereocenters. The molecule has 4 heteroatoms. The minimum atomic E-state index is 0. The van der Waals surface area contributed by atoms with Crippen LogP contribution in [0.3, 0.4) is 0 Å². The van der Waals surface area contributed by atoms with Gasteiger partial charge in [0.2, 0.25) is 0 Å². The number of ether oxygens (including phenoxy) is 2. The molecule has 154 valence electrons. The van der Waals surface area contributed by atoms with Gasteiger partial charge < -0.3 is 14.4 Å². The van der Waals surface area contributed by atoms with Crippen molar-refractivity contribution in [3.8, 4) is 17.2 Å². The number of rotatable bonds is 10. The van der Waals surface area contributed by atoms with Crippen LogP contribution in [0.1, 0.15) is 17.5 Å². The highest BCUT2D eigenvalue weighted by atomic mass is 35.5. The Kier molecular flexibility index (Phi) is 9.55. The van der Waals surface area contributed by atoms with Crippen molar-refractivity contribution in [1.29, 1.82) is 0 Å². The summed E-state index contributed by atoms with van der Waals surface area (Å²) in [4.78, 5) is 2.18. The van der Waals surface area contributed by atoms with E-state index in [0.717, 1.165) is 49.7 Å². The van der Waals surface area contributed by atoms with Crippen LogP contribution in [-0.4, -0.2) is 32.1 Å². The molecule has 0 bridgehead atoms. The maximum absolute atomic E-state index is 6.10. The van der Waals surface area contributed by atoms with Crippen LogP contribution in [0.4, 0.5) is 0 Å². The first-order valence-corrected chi connectivity index (χ1v) is 9.88. The summed E-state index contributed by atoms with van der Waals surface area (Å²) in [5.74, 6) is 2.64. The molecule has 0 spiro atoms. The zero-order chi connectivity index (χ0) is 19.6. The van der Waals surface area contributed by atoms with Crippen molar-refractivity contribution in [3.63, 3.8) is 0 Å². The third-order valence-corrected chi connectivity index (χ3v) is 4.54. The third-order valence-electron chi connectivity index (χ3n) is 4.54. The van der Waals surface area contributed by atoms with Crippen LogP contribution in [0.15, 0.2) is 78.9 Å².